The van der Waals surface area contributed by atoms with Crippen molar-refractivity contribution in [1.29, 1.82) is 0 Å². The van der Waals surface area contributed by atoms with Gasteiger partial charge in [0.05, 0.1) is 23.3 Å². The molecular formula is C9H6Cl6O4S. The van der Waals surface area contributed by atoms with Crippen LogP contribution in [-0.4, -0.2) is 35.7 Å². The van der Waals surface area contributed by atoms with Crippen LogP contribution in [0.5, 0.6) is 0 Å². The molecule has 3 rings (SSSR count). The number of allylic oxidation sites excluding steroid dienone is 2. The molecule has 2 unspecified atom stereocenters. The molecule has 4 atom stereocenters. The Hall–Kier alpha value is 1.35. The van der Waals surface area contributed by atoms with Crippen LogP contribution in [-0.2, 0) is 18.8 Å². The van der Waals surface area contributed by atoms with Crippen molar-refractivity contribution < 1.29 is 16.8 Å². The average molecular weight is 423 g/mol. The normalized spacial score (nSPS) is 49.1. The molecule has 114 valence electrons. The first-order valence-electron chi connectivity index (χ1n) is 5.36. The summed E-state index contributed by atoms with van der Waals surface area (Å²) in [7, 11) is -4.11. The first kappa shape index (κ1) is 16.2. The lowest BCUT2D eigenvalue weighted by molar-refractivity contribution is 0.207. The third kappa shape index (κ3) is 1.62. The first-order chi connectivity index (χ1) is 9.00. The fourth-order valence-electron chi connectivity index (χ4n) is 3.01. The molecule has 1 heterocycles. The molecule has 0 radical (unpaired) electrons. The summed E-state index contributed by atoms with van der Waals surface area (Å²) in [6, 6.07) is 0. The van der Waals surface area contributed by atoms with Gasteiger partial charge in [-0.25, -0.2) is 8.37 Å². The fourth-order valence-corrected chi connectivity index (χ4v) is 6.77. The maximum Gasteiger partial charge on any atom is 0.399 e. The van der Waals surface area contributed by atoms with E-state index in [0.29, 0.717) is 0 Å². The highest BCUT2D eigenvalue weighted by atomic mass is 35.5. The largest absolute Gasteiger partial charge is 0.399 e. The lowest BCUT2D eigenvalue weighted by atomic mass is 9.83. The Labute approximate surface area is 145 Å². The van der Waals surface area contributed by atoms with Crippen LogP contribution < -0.4 is 0 Å². The number of rotatable bonds is 0. The van der Waals surface area contributed by atoms with Gasteiger partial charge in [-0.1, -0.05) is 46.4 Å². The molecule has 1 saturated carbocycles. The lowest BCUT2D eigenvalue weighted by Gasteiger charge is -2.33. The number of hydrogen-bond donors (Lipinski definition) is 0. The highest BCUT2D eigenvalue weighted by molar-refractivity contribution is 7.81. The van der Waals surface area contributed by atoms with Crippen molar-refractivity contribution in [2.24, 2.45) is 11.8 Å². The minimum Gasteiger partial charge on any atom is -0.248 e. The Morgan fingerprint density at radius 3 is 1.60 bits per heavy atom. The Balaban J connectivity index is 2.19. The molecule has 4 nitrogen and oxygen atoms in total. The molecule has 3 aliphatic rings. The zero-order valence-corrected chi connectivity index (χ0v) is 14.7. The van der Waals surface area contributed by atoms with Gasteiger partial charge in [0.25, 0.3) is 0 Å². The predicted octanol–water partition coefficient (Wildman–Crippen LogP) is 3.36. The van der Waals surface area contributed by atoms with Crippen LogP contribution >= 0.6 is 69.6 Å². The summed E-state index contributed by atoms with van der Waals surface area (Å²) < 4.78 is 30.5. The topological polar surface area (TPSA) is 52.6 Å². The molecule has 20 heavy (non-hydrogen) atoms. The van der Waals surface area contributed by atoms with E-state index in [1.807, 2.05) is 0 Å². The maximum atomic E-state index is 11.4. The molecule has 2 bridgehead atoms. The first-order valence-corrected chi connectivity index (χ1v) is 8.96. The molecule has 2 fully saturated rings. The van der Waals surface area contributed by atoms with Gasteiger partial charge in [-0.2, -0.15) is 8.42 Å². The van der Waals surface area contributed by atoms with Gasteiger partial charge in [0.15, 0.2) is 4.33 Å². The Bertz CT molecular complexity index is 574. The molecule has 0 aromatic heterocycles. The number of halogens is 6. The molecule has 2 aliphatic carbocycles. The van der Waals surface area contributed by atoms with Gasteiger partial charge in [-0.05, 0) is 0 Å². The predicted molar refractivity (Wildman–Crippen MR) is 78.1 cm³/mol. The van der Waals surface area contributed by atoms with E-state index in [4.69, 9.17) is 78.0 Å². The Morgan fingerprint density at radius 2 is 1.25 bits per heavy atom. The molecule has 0 aromatic carbocycles. The second kappa shape index (κ2) is 4.46. The Morgan fingerprint density at radius 1 is 0.900 bits per heavy atom. The third-order valence-corrected chi connectivity index (χ3v) is 9.24. The number of hydrogen-bond acceptors (Lipinski definition) is 4. The summed E-state index contributed by atoms with van der Waals surface area (Å²) in [5.74, 6) is -1.33. The van der Waals surface area contributed by atoms with Gasteiger partial charge in [0, 0.05) is 11.8 Å². The van der Waals surface area contributed by atoms with Crippen molar-refractivity contribution in [2.75, 3.05) is 13.2 Å². The van der Waals surface area contributed by atoms with Crippen LogP contribution in [0, 0.1) is 11.8 Å². The average Bonchev–Trinajstić information content (AvgIpc) is 2.52. The molecule has 0 aromatic rings. The van der Waals surface area contributed by atoms with Crippen LogP contribution in [0.3, 0.4) is 0 Å². The van der Waals surface area contributed by atoms with Crippen molar-refractivity contribution in [1.82, 2.24) is 0 Å². The smallest absolute Gasteiger partial charge is 0.248 e. The van der Waals surface area contributed by atoms with E-state index in [0.717, 1.165) is 0 Å². The summed E-state index contributed by atoms with van der Waals surface area (Å²) in [6.07, 6.45) is 0. The fraction of sp³-hybridized carbons (Fsp3) is 0.778. The molecule has 0 amide bonds. The van der Waals surface area contributed by atoms with Gasteiger partial charge < -0.3 is 0 Å². The van der Waals surface area contributed by atoms with Crippen LogP contribution in [0.2, 0.25) is 0 Å². The van der Waals surface area contributed by atoms with E-state index in [1.54, 1.807) is 0 Å². The van der Waals surface area contributed by atoms with Crippen LogP contribution in [0.1, 0.15) is 0 Å². The van der Waals surface area contributed by atoms with E-state index in [1.165, 1.54) is 0 Å². The van der Waals surface area contributed by atoms with Crippen LogP contribution in [0.25, 0.3) is 0 Å². The lowest BCUT2D eigenvalue weighted by Crippen LogP contribution is -2.45. The quantitative estimate of drug-likeness (QED) is 0.562. The van der Waals surface area contributed by atoms with Crippen LogP contribution in [0.15, 0.2) is 10.1 Å². The highest BCUT2D eigenvalue weighted by Crippen LogP contribution is 2.76. The molecule has 1 saturated heterocycles. The van der Waals surface area contributed by atoms with E-state index in [9.17, 15) is 8.42 Å². The van der Waals surface area contributed by atoms with Crippen molar-refractivity contribution in [3.05, 3.63) is 10.1 Å². The third-order valence-electron chi connectivity index (χ3n) is 4.04. The summed E-state index contributed by atoms with van der Waals surface area (Å²) in [5.41, 5.74) is 0. The van der Waals surface area contributed by atoms with E-state index in [2.05, 4.69) is 0 Å². The van der Waals surface area contributed by atoms with Crippen LogP contribution in [0.4, 0.5) is 0 Å². The molecule has 1 aliphatic heterocycles. The summed E-state index contributed by atoms with van der Waals surface area (Å²) >= 11 is 38.0. The van der Waals surface area contributed by atoms with E-state index >= 15 is 0 Å². The standard InChI is InChI=1S/C9H6Cl6O4S/c10-5-6(11)8(13)4-2-19-20(16,17)18-1-3(4)7(5,12)9(8,14)15/h3-4H,1-2H2/t3?,4?,7-,8+. The second-order valence-electron chi connectivity index (χ2n) is 4.82. The number of fused-ring (bicyclic) bond motifs is 5. The van der Waals surface area contributed by atoms with Gasteiger partial charge >= 0.3 is 10.4 Å². The molecule has 11 heteroatoms. The van der Waals surface area contributed by atoms with E-state index in [-0.39, 0.29) is 23.3 Å². The SMILES string of the molecule is O=S1(=O)OCC2C(CO1)[C@@]1(Cl)C(Cl)=C(Cl)[C@]2(Cl)C1(Cl)Cl. The molecule has 0 spiro atoms. The van der Waals surface area contributed by atoms with E-state index < -0.39 is 36.3 Å². The summed E-state index contributed by atoms with van der Waals surface area (Å²) in [5, 5.41) is 0.00922. The van der Waals surface area contributed by atoms with Crippen molar-refractivity contribution >= 4 is 80.0 Å². The van der Waals surface area contributed by atoms with Crippen molar-refractivity contribution in [3.63, 3.8) is 0 Å². The monoisotopic (exact) mass is 420 g/mol. The minimum atomic E-state index is -4.11. The second-order valence-corrected chi connectivity index (χ2v) is 9.38. The molecular weight excluding hydrogens is 417 g/mol. The molecule has 0 N–H and O–H groups in total. The van der Waals surface area contributed by atoms with Gasteiger partial charge in [0.1, 0.15) is 9.75 Å². The van der Waals surface area contributed by atoms with Crippen molar-refractivity contribution in [2.45, 2.75) is 14.1 Å². The van der Waals surface area contributed by atoms with Gasteiger partial charge in [0.2, 0.25) is 0 Å². The highest BCUT2D eigenvalue weighted by Gasteiger charge is 2.82. The number of alkyl halides is 4. The maximum absolute atomic E-state index is 11.4. The minimum absolute atomic E-state index is 0.00461. The zero-order chi connectivity index (χ0) is 15.1. The Kier molecular flexibility index (Phi) is 3.61. The summed E-state index contributed by atoms with van der Waals surface area (Å²) in [6.45, 7) is -0.598. The summed E-state index contributed by atoms with van der Waals surface area (Å²) in [4.78, 5) is -3.07. The zero-order valence-electron chi connectivity index (χ0n) is 9.38. The van der Waals surface area contributed by atoms with Crippen molar-refractivity contribution in [3.8, 4) is 0 Å². The van der Waals surface area contributed by atoms with Gasteiger partial charge in [-0.3, -0.25) is 0 Å². The van der Waals surface area contributed by atoms with Gasteiger partial charge in [-0.15, -0.1) is 23.2 Å².